The number of ketones is 1. The fourth-order valence-corrected chi connectivity index (χ4v) is 2.78. The van der Waals surface area contributed by atoms with Gasteiger partial charge in [0.2, 0.25) is 0 Å². The Balaban J connectivity index is 3.47. The van der Waals surface area contributed by atoms with Crippen LogP contribution < -0.4 is 0 Å². The molecule has 0 atom stereocenters. The first-order valence-electron chi connectivity index (χ1n) is 8.55. The van der Waals surface area contributed by atoms with E-state index in [9.17, 15) is 24.3 Å². The van der Waals surface area contributed by atoms with Gasteiger partial charge in [0.25, 0.3) is 0 Å². The summed E-state index contributed by atoms with van der Waals surface area (Å²) in [5.74, 6) is -0.405. The topological polar surface area (TPSA) is 94.8 Å². The fourth-order valence-electron chi connectivity index (χ4n) is 2.42. The molecule has 1 aromatic carbocycles. The summed E-state index contributed by atoms with van der Waals surface area (Å²) in [6.07, 6.45) is 2.74. The number of allylic oxidation sites excluding steroid dienone is 1. The molecule has 0 heterocycles. The van der Waals surface area contributed by atoms with Crippen LogP contribution in [0.15, 0.2) is 18.2 Å². The molecule has 1 rings (SSSR count). The lowest BCUT2D eigenvalue weighted by molar-refractivity contribution is -0.116. The summed E-state index contributed by atoms with van der Waals surface area (Å²) in [5, 5.41) is 8.93. The van der Waals surface area contributed by atoms with E-state index in [-0.39, 0.29) is 16.6 Å². The number of aromatic hydroxyl groups is 1. The van der Waals surface area contributed by atoms with Crippen molar-refractivity contribution in [3.8, 4) is 5.75 Å². The Kier molecular flexibility index (Phi) is 6.05. The minimum absolute atomic E-state index is 0.240. The van der Waals surface area contributed by atoms with E-state index in [0.717, 1.165) is 11.1 Å². The molecule has 0 saturated heterocycles. The van der Waals surface area contributed by atoms with Crippen molar-refractivity contribution in [3.05, 3.63) is 34.9 Å². The second-order valence-corrected chi connectivity index (χ2v) is 11.5. The molecule has 1 aromatic rings. The number of rotatable bonds is 4. The lowest BCUT2D eigenvalue weighted by Crippen LogP contribution is -2.29. The SMILES string of the molecule is CC(C)(C)c1cc(C=CC(=O)C(C)(C)P(=O)(O)O)cc(C(C)(C)C)c1O. The van der Waals surface area contributed by atoms with Crippen LogP contribution in [-0.2, 0) is 20.2 Å². The standard InChI is InChI=1S/C20H31O5P/c1-18(2,3)14-11-13(12-15(17(14)22)19(4,5)6)9-10-16(21)20(7,8)26(23,24)25/h9-12,22H,1-8H3,(H2,23,24,25). The molecule has 0 aromatic heterocycles. The van der Waals surface area contributed by atoms with Crippen LogP contribution in [0.4, 0.5) is 0 Å². The van der Waals surface area contributed by atoms with Gasteiger partial charge in [0.05, 0.1) is 0 Å². The third-order valence-electron chi connectivity index (χ3n) is 4.51. The zero-order chi connectivity index (χ0) is 20.7. The summed E-state index contributed by atoms with van der Waals surface area (Å²) in [7, 11) is -4.57. The van der Waals surface area contributed by atoms with Crippen LogP contribution in [0, 0.1) is 0 Å². The van der Waals surface area contributed by atoms with Gasteiger partial charge in [0.15, 0.2) is 5.78 Å². The van der Waals surface area contributed by atoms with Crippen LogP contribution in [0.2, 0.25) is 0 Å². The highest BCUT2D eigenvalue weighted by molar-refractivity contribution is 7.54. The number of phenols is 1. The second kappa shape index (κ2) is 6.95. The first-order chi connectivity index (χ1) is 11.4. The summed E-state index contributed by atoms with van der Waals surface area (Å²) in [6, 6.07) is 3.61. The van der Waals surface area contributed by atoms with Gasteiger partial charge in [-0.2, -0.15) is 0 Å². The van der Waals surface area contributed by atoms with E-state index < -0.39 is 18.5 Å². The molecule has 0 aliphatic heterocycles. The van der Waals surface area contributed by atoms with Crippen molar-refractivity contribution in [2.24, 2.45) is 0 Å². The Morgan fingerprint density at radius 1 is 0.923 bits per heavy atom. The van der Waals surface area contributed by atoms with Crippen LogP contribution in [-0.4, -0.2) is 25.8 Å². The molecule has 0 bridgehead atoms. The van der Waals surface area contributed by atoms with E-state index >= 15 is 0 Å². The monoisotopic (exact) mass is 382 g/mol. The van der Waals surface area contributed by atoms with Crippen molar-refractivity contribution in [1.82, 2.24) is 0 Å². The summed E-state index contributed by atoms with van der Waals surface area (Å²) < 4.78 is 11.5. The number of carbonyl (C=O) groups excluding carboxylic acids is 1. The summed E-state index contributed by atoms with van der Waals surface area (Å²) >= 11 is 0. The third-order valence-corrected chi connectivity index (χ3v) is 6.18. The van der Waals surface area contributed by atoms with Crippen LogP contribution in [0.5, 0.6) is 5.75 Å². The Morgan fingerprint density at radius 2 is 1.31 bits per heavy atom. The maximum absolute atomic E-state index is 12.3. The average Bonchev–Trinajstić information content (AvgIpc) is 2.41. The van der Waals surface area contributed by atoms with E-state index in [1.807, 2.05) is 41.5 Å². The molecule has 26 heavy (non-hydrogen) atoms. The number of hydrogen-bond donors (Lipinski definition) is 3. The molecule has 0 aliphatic carbocycles. The van der Waals surface area contributed by atoms with E-state index in [0.29, 0.717) is 5.56 Å². The van der Waals surface area contributed by atoms with Gasteiger partial charge in [-0.1, -0.05) is 47.6 Å². The van der Waals surface area contributed by atoms with Gasteiger partial charge in [0, 0.05) is 11.1 Å². The minimum Gasteiger partial charge on any atom is -0.507 e. The second-order valence-electron chi connectivity index (χ2n) is 9.27. The largest absolute Gasteiger partial charge is 0.507 e. The minimum atomic E-state index is -4.57. The number of phenolic OH excluding ortho intramolecular Hbond substituents is 1. The van der Waals surface area contributed by atoms with E-state index in [1.165, 1.54) is 19.9 Å². The van der Waals surface area contributed by atoms with Gasteiger partial charge in [0.1, 0.15) is 10.9 Å². The maximum atomic E-state index is 12.3. The quantitative estimate of drug-likeness (QED) is 0.525. The van der Waals surface area contributed by atoms with Crippen molar-refractivity contribution in [1.29, 1.82) is 0 Å². The van der Waals surface area contributed by atoms with Gasteiger partial charge in [-0.05, 0) is 48.4 Å². The van der Waals surface area contributed by atoms with Gasteiger partial charge in [-0.15, -0.1) is 0 Å². The summed E-state index contributed by atoms with van der Waals surface area (Å²) in [4.78, 5) is 31.0. The van der Waals surface area contributed by atoms with Crippen molar-refractivity contribution < 1.29 is 24.3 Å². The Morgan fingerprint density at radius 3 is 1.62 bits per heavy atom. The van der Waals surface area contributed by atoms with Crippen molar-refractivity contribution in [2.45, 2.75) is 71.4 Å². The zero-order valence-electron chi connectivity index (χ0n) is 16.9. The molecule has 146 valence electrons. The fraction of sp³-hybridized carbons (Fsp3) is 0.550. The highest BCUT2D eigenvalue weighted by Gasteiger charge is 2.43. The normalized spacial score (nSPS) is 14.1. The molecule has 0 amide bonds. The Labute approximate surface area is 156 Å². The molecule has 0 saturated carbocycles. The average molecular weight is 382 g/mol. The molecule has 0 radical (unpaired) electrons. The van der Waals surface area contributed by atoms with E-state index in [1.54, 1.807) is 18.2 Å². The molecule has 0 spiro atoms. The van der Waals surface area contributed by atoms with E-state index in [4.69, 9.17) is 0 Å². The lowest BCUT2D eigenvalue weighted by atomic mass is 9.78. The molecule has 5 nitrogen and oxygen atoms in total. The van der Waals surface area contributed by atoms with Crippen molar-refractivity contribution in [3.63, 3.8) is 0 Å². The van der Waals surface area contributed by atoms with Crippen LogP contribution in [0.1, 0.15) is 72.1 Å². The molecule has 0 aliphatic rings. The molecule has 6 heteroatoms. The van der Waals surface area contributed by atoms with Gasteiger partial charge < -0.3 is 14.9 Å². The van der Waals surface area contributed by atoms with Crippen LogP contribution >= 0.6 is 7.60 Å². The van der Waals surface area contributed by atoms with Gasteiger partial charge in [-0.3, -0.25) is 9.36 Å². The predicted octanol–water partition coefficient (Wildman–Crippen LogP) is 4.53. The zero-order valence-corrected chi connectivity index (χ0v) is 17.8. The van der Waals surface area contributed by atoms with Crippen LogP contribution in [0.3, 0.4) is 0 Å². The van der Waals surface area contributed by atoms with Crippen molar-refractivity contribution in [2.75, 3.05) is 0 Å². The molecule has 0 unspecified atom stereocenters. The Bertz CT molecular complexity index is 735. The third kappa shape index (κ3) is 4.85. The van der Waals surface area contributed by atoms with Crippen molar-refractivity contribution >= 4 is 19.5 Å². The summed E-state index contributed by atoms with van der Waals surface area (Å²) in [6.45, 7) is 14.4. The molecular weight excluding hydrogens is 351 g/mol. The highest BCUT2D eigenvalue weighted by Crippen LogP contribution is 2.50. The number of hydrogen-bond acceptors (Lipinski definition) is 3. The Hall–Kier alpha value is -1.42. The van der Waals surface area contributed by atoms with E-state index in [2.05, 4.69) is 0 Å². The smallest absolute Gasteiger partial charge is 0.338 e. The van der Waals surface area contributed by atoms with Crippen LogP contribution in [0.25, 0.3) is 6.08 Å². The van der Waals surface area contributed by atoms with Gasteiger partial charge in [-0.25, -0.2) is 0 Å². The molecule has 0 fully saturated rings. The first kappa shape index (κ1) is 22.6. The molecular formula is C20H31O5P. The number of benzene rings is 1. The first-order valence-corrected chi connectivity index (χ1v) is 10.2. The highest BCUT2D eigenvalue weighted by atomic mass is 31.2. The number of carbonyl (C=O) groups is 1. The lowest BCUT2D eigenvalue weighted by Gasteiger charge is -2.28. The maximum Gasteiger partial charge on any atom is 0.338 e. The predicted molar refractivity (Wildman–Crippen MR) is 106 cm³/mol. The summed E-state index contributed by atoms with van der Waals surface area (Å²) in [5.41, 5.74) is 1.61. The van der Waals surface area contributed by atoms with Gasteiger partial charge >= 0.3 is 7.60 Å². The molecule has 3 N–H and O–H groups in total.